The zero-order chi connectivity index (χ0) is 16.4. The highest BCUT2D eigenvalue weighted by molar-refractivity contribution is 5.89. The van der Waals surface area contributed by atoms with Crippen molar-refractivity contribution >= 4 is 17.6 Å². The maximum atomic E-state index is 12.2. The molecule has 0 radical (unpaired) electrons. The van der Waals surface area contributed by atoms with Crippen LogP contribution in [0, 0.1) is 5.41 Å². The highest BCUT2D eigenvalue weighted by Crippen LogP contribution is 2.05. The molecule has 1 unspecified atom stereocenters. The third-order valence-corrected chi connectivity index (χ3v) is 3.88. The lowest BCUT2D eigenvalue weighted by atomic mass is 10.0. The first-order chi connectivity index (χ1) is 10.6. The third kappa shape index (κ3) is 6.43. The molecule has 1 saturated heterocycles. The molecule has 0 bridgehead atoms. The summed E-state index contributed by atoms with van der Waals surface area (Å²) in [5.74, 6) is 0.268. The number of amidine groups is 1. The van der Waals surface area contributed by atoms with Crippen molar-refractivity contribution in [2.75, 3.05) is 20.1 Å². The molecule has 0 spiro atoms. The molecular weight excluding hydrogens is 282 g/mol. The molecule has 1 aliphatic rings. The summed E-state index contributed by atoms with van der Waals surface area (Å²) >= 11 is 0. The smallest absolute Gasteiger partial charge is 0.242 e. The number of rotatable bonds is 6. The Kier molecular flexibility index (Phi) is 8.50. The highest BCUT2D eigenvalue weighted by Gasteiger charge is 2.25. The summed E-state index contributed by atoms with van der Waals surface area (Å²) in [4.78, 5) is 24.4. The first kappa shape index (κ1) is 18.4. The van der Waals surface area contributed by atoms with Gasteiger partial charge in [0.25, 0.3) is 0 Å². The summed E-state index contributed by atoms with van der Waals surface area (Å²) in [5.41, 5.74) is 0. The number of likely N-dealkylation sites (N-methyl/N-ethyl adjacent to an activating group) is 1. The van der Waals surface area contributed by atoms with Gasteiger partial charge >= 0.3 is 0 Å². The highest BCUT2D eigenvalue weighted by atomic mass is 16.2. The zero-order valence-corrected chi connectivity index (χ0v) is 13.6. The molecule has 2 amide bonds. The number of carbonyl (C=O) groups excluding carboxylic acids is 2. The van der Waals surface area contributed by atoms with Gasteiger partial charge in [0.1, 0.15) is 6.04 Å². The van der Waals surface area contributed by atoms with Crippen LogP contribution in [-0.4, -0.2) is 49.9 Å². The van der Waals surface area contributed by atoms with E-state index in [1.165, 1.54) is 0 Å². The van der Waals surface area contributed by atoms with Crippen LogP contribution in [-0.2, 0) is 9.59 Å². The van der Waals surface area contributed by atoms with Gasteiger partial charge in [0.15, 0.2) is 0 Å². The number of amides is 2. The van der Waals surface area contributed by atoms with Crippen molar-refractivity contribution in [2.45, 2.75) is 57.5 Å². The molecule has 1 fully saturated rings. The summed E-state index contributed by atoms with van der Waals surface area (Å²) in [6.45, 7) is 3.21. The van der Waals surface area contributed by atoms with Crippen molar-refractivity contribution in [3.05, 3.63) is 0 Å². The lowest BCUT2D eigenvalue weighted by Gasteiger charge is -2.24. The minimum absolute atomic E-state index is 0.112. The fourth-order valence-electron chi connectivity index (χ4n) is 2.43. The van der Waals surface area contributed by atoms with Crippen LogP contribution in [0.25, 0.3) is 0 Å². The number of carbonyl (C=O) groups is 2. The van der Waals surface area contributed by atoms with Crippen molar-refractivity contribution in [1.82, 2.24) is 21.3 Å². The van der Waals surface area contributed by atoms with Crippen LogP contribution in [0.1, 0.15) is 45.4 Å². The lowest BCUT2D eigenvalue weighted by molar-refractivity contribution is -0.130. The van der Waals surface area contributed by atoms with E-state index >= 15 is 0 Å². The topological polar surface area (TPSA) is 106 Å². The van der Waals surface area contributed by atoms with E-state index < -0.39 is 6.04 Å². The average Bonchev–Trinajstić information content (AvgIpc) is 2.52. The van der Waals surface area contributed by atoms with Gasteiger partial charge in [-0.25, -0.2) is 0 Å². The van der Waals surface area contributed by atoms with Crippen molar-refractivity contribution in [3.8, 4) is 0 Å². The third-order valence-electron chi connectivity index (χ3n) is 3.88. The zero-order valence-electron chi connectivity index (χ0n) is 13.6. The SMILES string of the molecule is CCC(=N)NCCC[C@@H]1NC(=O)C(NC)CCCCNC1=O. The predicted molar refractivity (Wildman–Crippen MR) is 86.9 cm³/mol. The normalized spacial score (nSPS) is 23.4. The summed E-state index contributed by atoms with van der Waals surface area (Å²) in [5, 5.41) is 19.3. The molecule has 0 saturated carbocycles. The molecule has 22 heavy (non-hydrogen) atoms. The van der Waals surface area contributed by atoms with Crippen LogP contribution in [0.3, 0.4) is 0 Å². The minimum Gasteiger partial charge on any atom is -0.374 e. The number of hydrogen-bond acceptors (Lipinski definition) is 4. The van der Waals surface area contributed by atoms with Crippen LogP contribution in [0.4, 0.5) is 0 Å². The second-order valence-corrected chi connectivity index (χ2v) is 5.59. The van der Waals surface area contributed by atoms with Gasteiger partial charge in [0.2, 0.25) is 11.8 Å². The van der Waals surface area contributed by atoms with E-state index in [9.17, 15) is 9.59 Å². The molecule has 0 aliphatic carbocycles. The molecule has 126 valence electrons. The minimum atomic E-state index is -0.501. The van der Waals surface area contributed by atoms with Crippen LogP contribution in [0.2, 0.25) is 0 Å². The Morgan fingerprint density at radius 1 is 1.32 bits per heavy atom. The molecule has 0 aromatic rings. The largest absolute Gasteiger partial charge is 0.374 e. The monoisotopic (exact) mass is 311 g/mol. The molecule has 7 nitrogen and oxygen atoms in total. The first-order valence-electron chi connectivity index (χ1n) is 8.15. The lowest BCUT2D eigenvalue weighted by Crippen LogP contribution is -2.53. The van der Waals surface area contributed by atoms with Crippen molar-refractivity contribution < 1.29 is 9.59 Å². The van der Waals surface area contributed by atoms with Gasteiger partial charge < -0.3 is 21.3 Å². The Morgan fingerprint density at radius 3 is 2.77 bits per heavy atom. The maximum absolute atomic E-state index is 12.2. The Labute approximate surface area is 132 Å². The van der Waals surface area contributed by atoms with E-state index in [1.54, 1.807) is 7.05 Å². The quantitative estimate of drug-likeness (QED) is 0.273. The first-order valence-corrected chi connectivity index (χ1v) is 8.15. The summed E-state index contributed by atoms with van der Waals surface area (Å²) in [6, 6.07) is -0.737. The molecule has 1 heterocycles. The number of hydrogen-bond donors (Lipinski definition) is 5. The van der Waals surface area contributed by atoms with Crippen LogP contribution in [0.5, 0.6) is 0 Å². The maximum Gasteiger partial charge on any atom is 0.242 e. The summed E-state index contributed by atoms with van der Waals surface area (Å²) in [7, 11) is 1.77. The summed E-state index contributed by atoms with van der Waals surface area (Å²) < 4.78 is 0. The second kappa shape index (κ2) is 10.2. The molecule has 5 N–H and O–H groups in total. The molecule has 7 heteroatoms. The predicted octanol–water partition coefficient (Wildman–Crippen LogP) is 0.116. The van der Waals surface area contributed by atoms with Crippen molar-refractivity contribution in [3.63, 3.8) is 0 Å². The van der Waals surface area contributed by atoms with Crippen molar-refractivity contribution in [2.24, 2.45) is 0 Å². The average molecular weight is 311 g/mol. The standard InChI is InChI=1S/C15H29N5O2/c1-3-13(16)18-10-6-8-12-14(21)19-9-5-4-7-11(17-2)15(22)20-12/h11-12,17H,3-10H2,1-2H3,(H2,16,18)(H,19,21)(H,20,22)/t11?,12-/m0/s1. The van der Waals surface area contributed by atoms with Crippen LogP contribution < -0.4 is 21.3 Å². The molecule has 2 atom stereocenters. The van der Waals surface area contributed by atoms with Gasteiger partial charge in [-0.15, -0.1) is 0 Å². The Morgan fingerprint density at radius 2 is 2.09 bits per heavy atom. The van der Waals surface area contributed by atoms with E-state index in [0.29, 0.717) is 31.8 Å². The van der Waals surface area contributed by atoms with Crippen LogP contribution >= 0.6 is 0 Å². The molecule has 1 aliphatic heterocycles. The van der Waals surface area contributed by atoms with Crippen molar-refractivity contribution in [1.29, 1.82) is 5.41 Å². The van der Waals surface area contributed by atoms with Gasteiger partial charge in [-0.1, -0.05) is 6.92 Å². The Hall–Kier alpha value is -1.63. The van der Waals surface area contributed by atoms with Gasteiger partial charge in [0.05, 0.1) is 11.9 Å². The molecule has 1 rings (SSSR count). The van der Waals surface area contributed by atoms with Gasteiger partial charge in [0, 0.05) is 19.5 Å². The fraction of sp³-hybridized carbons (Fsp3) is 0.800. The van der Waals surface area contributed by atoms with Gasteiger partial charge in [-0.2, -0.15) is 0 Å². The van der Waals surface area contributed by atoms with Crippen LogP contribution in [0.15, 0.2) is 0 Å². The molecule has 0 aromatic carbocycles. The number of nitrogens with one attached hydrogen (secondary N) is 5. The second-order valence-electron chi connectivity index (χ2n) is 5.59. The van der Waals surface area contributed by atoms with E-state index in [0.717, 1.165) is 25.7 Å². The van der Waals surface area contributed by atoms with Gasteiger partial charge in [-0.05, 0) is 39.2 Å². The van der Waals surface area contributed by atoms with E-state index in [4.69, 9.17) is 5.41 Å². The van der Waals surface area contributed by atoms with E-state index in [2.05, 4.69) is 21.3 Å². The molecular formula is C15H29N5O2. The Balaban J connectivity index is 2.52. The van der Waals surface area contributed by atoms with E-state index in [1.807, 2.05) is 6.92 Å². The Bertz CT molecular complexity index is 386. The fourth-order valence-corrected chi connectivity index (χ4v) is 2.43. The molecule has 0 aromatic heterocycles. The summed E-state index contributed by atoms with van der Waals surface area (Å²) in [6.07, 6.45) is 4.54. The van der Waals surface area contributed by atoms with Gasteiger partial charge in [-0.3, -0.25) is 15.0 Å². The van der Waals surface area contributed by atoms with E-state index in [-0.39, 0.29) is 17.9 Å².